The van der Waals surface area contributed by atoms with Gasteiger partial charge in [0.25, 0.3) is 0 Å². The van der Waals surface area contributed by atoms with Crippen LogP contribution in [0.25, 0.3) is 5.70 Å². The van der Waals surface area contributed by atoms with Gasteiger partial charge in [-0.05, 0) is 31.9 Å². The Morgan fingerprint density at radius 1 is 1.26 bits per heavy atom. The maximum absolute atomic E-state index is 4.63. The number of allylic oxidation sites excluding steroid dienone is 3. The second-order valence-corrected chi connectivity index (χ2v) is 4.43. The fraction of sp³-hybridized carbons (Fsp3) is 0.412. The Morgan fingerprint density at radius 2 is 2.00 bits per heavy atom. The largest absolute Gasteiger partial charge is 0.265 e. The molecule has 0 amide bonds. The molecule has 0 bridgehead atoms. The normalized spacial score (nSPS) is 13.2. The van der Waals surface area contributed by atoms with Gasteiger partial charge in [-0.2, -0.15) is 0 Å². The molecule has 2 nitrogen and oxygen atoms in total. The number of rotatable bonds is 7. The zero-order chi connectivity index (χ0) is 13.9. The Morgan fingerprint density at radius 3 is 2.58 bits per heavy atom. The highest BCUT2D eigenvalue weighted by molar-refractivity contribution is 5.74. The third-order valence-electron chi connectivity index (χ3n) is 3.05. The lowest BCUT2D eigenvalue weighted by Gasteiger charge is -2.03. The summed E-state index contributed by atoms with van der Waals surface area (Å²) in [5, 5.41) is 0. The quantitative estimate of drug-likeness (QED) is 0.495. The minimum atomic E-state index is 0.932. The van der Waals surface area contributed by atoms with Crippen LogP contribution in [0.5, 0.6) is 0 Å². The molecule has 2 heteroatoms. The number of pyridine rings is 1. The summed E-state index contributed by atoms with van der Waals surface area (Å²) in [6.07, 6.45) is 14.2. The molecular weight excluding hydrogens is 232 g/mol. The van der Waals surface area contributed by atoms with Gasteiger partial charge in [0.05, 0.1) is 5.70 Å². The molecule has 0 fully saturated rings. The fourth-order valence-corrected chi connectivity index (χ4v) is 1.78. The number of hydrogen-bond donors (Lipinski definition) is 0. The van der Waals surface area contributed by atoms with Gasteiger partial charge in [-0.1, -0.05) is 38.0 Å². The summed E-state index contributed by atoms with van der Waals surface area (Å²) in [4.78, 5) is 8.69. The third-order valence-corrected chi connectivity index (χ3v) is 3.05. The monoisotopic (exact) mass is 256 g/mol. The molecule has 0 aliphatic rings. The van der Waals surface area contributed by atoms with E-state index in [0.29, 0.717) is 0 Å². The molecule has 0 aliphatic heterocycles. The molecule has 0 N–H and O–H groups in total. The third kappa shape index (κ3) is 5.64. The highest BCUT2D eigenvalue weighted by Gasteiger charge is 1.98. The summed E-state index contributed by atoms with van der Waals surface area (Å²) >= 11 is 0. The van der Waals surface area contributed by atoms with Gasteiger partial charge in [-0.15, -0.1) is 0 Å². The van der Waals surface area contributed by atoms with Crippen LogP contribution in [0.4, 0.5) is 0 Å². The van der Waals surface area contributed by atoms with E-state index in [1.807, 2.05) is 30.7 Å². The average Bonchev–Trinajstić information content (AvgIpc) is 2.47. The maximum Gasteiger partial charge on any atom is 0.0659 e. The highest BCUT2D eigenvalue weighted by atomic mass is 14.7. The second kappa shape index (κ2) is 9.26. The van der Waals surface area contributed by atoms with Crippen LogP contribution >= 0.6 is 0 Å². The Kier molecular flexibility index (Phi) is 7.48. The van der Waals surface area contributed by atoms with Crippen molar-refractivity contribution in [3.63, 3.8) is 0 Å². The van der Waals surface area contributed by atoms with Crippen LogP contribution in [0.3, 0.4) is 0 Å². The Hall–Kier alpha value is -1.70. The molecule has 0 aromatic carbocycles. The lowest BCUT2D eigenvalue weighted by Crippen LogP contribution is -1.86. The second-order valence-electron chi connectivity index (χ2n) is 4.43. The van der Waals surface area contributed by atoms with Gasteiger partial charge in [-0.25, -0.2) is 0 Å². The van der Waals surface area contributed by atoms with E-state index < -0.39 is 0 Å². The van der Waals surface area contributed by atoms with Crippen molar-refractivity contribution in [3.05, 3.63) is 47.8 Å². The predicted molar refractivity (Wildman–Crippen MR) is 84.3 cm³/mol. The zero-order valence-corrected chi connectivity index (χ0v) is 12.3. The zero-order valence-electron chi connectivity index (χ0n) is 12.3. The van der Waals surface area contributed by atoms with Crippen LogP contribution in [0.15, 0.2) is 47.2 Å². The molecule has 1 aromatic heterocycles. The number of hydrogen-bond acceptors (Lipinski definition) is 2. The van der Waals surface area contributed by atoms with Crippen molar-refractivity contribution in [3.8, 4) is 0 Å². The van der Waals surface area contributed by atoms with Crippen LogP contribution in [-0.4, -0.2) is 11.2 Å². The van der Waals surface area contributed by atoms with E-state index in [9.17, 15) is 0 Å². The lowest BCUT2D eigenvalue weighted by atomic mass is 10.1. The Balaban J connectivity index is 2.79. The van der Waals surface area contributed by atoms with Crippen molar-refractivity contribution < 1.29 is 0 Å². The van der Waals surface area contributed by atoms with E-state index in [4.69, 9.17) is 0 Å². The maximum atomic E-state index is 4.63. The first-order chi connectivity index (χ1) is 9.31. The summed E-state index contributed by atoms with van der Waals surface area (Å²) in [7, 11) is 0. The van der Waals surface area contributed by atoms with E-state index in [1.54, 1.807) is 0 Å². The molecule has 0 atom stereocenters. The van der Waals surface area contributed by atoms with Crippen molar-refractivity contribution in [2.45, 2.75) is 46.5 Å². The van der Waals surface area contributed by atoms with Gasteiger partial charge in [0.2, 0.25) is 0 Å². The van der Waals surface area contributed by atoms with Gasteiger partial charge in [0, 0.05) is 30.6 Å². The van der Waals surface area contributed by atoms with E-state index in [0.717, 1.165) is 36.9 Å². The molecule has 0 spiro atoms. The SMILES string of the molecule is C/C=C(/CC)CC=N/C(=C/CCC)c1ccncc1. The Bertz CT molecular complexity index is 442. The molecule has 0 radical (unpaired) electrons. The predicted octanol–water partition coefficient (Wildman–Crippen LogP) is 5.04. The molecule has 0 aliphatic carbocycles. The molecule has 1 aromatic rings. The van der Waals surface area contributed by atoms with Crippen molar-refractivity contribution in [2.75, 3.05) is 0 Å². The molecule has 102 valence electrons. The molecule has 0 unspecified atom stereocenters. The summed E-state index contributed by atoms with van der Waals surface area (Å²) in [6.45, 7) is 6.45. The van der Waals surface area contributed by atoms with E-state index in [2.05, 4.69) is 42.9 Å². The van der Waals surface area contributed by atoms with Gasteiger partial charge in [0.1, 0.15) is 0 Å². The van der Waals surface area contributed by atoms with Gasteiger partial charge in [0.15, 0.2) is 0 Å². The molecule has 0 saturated heterocycles. The fourth-order valence-electron chi connectivity index (χ4n) is 1.78. The van der Waals surface area contributed by atoms with E-state index in [1.165, 1.54) is 5.57 Å². The molecule has 0 saturated carbocycles. The van der Waals surface area contributed by atoms with Crippen molar-refractivity contribution in [1.29, 1.82) is 0 Å². The highest BCUT2D eigenvalue weighted by Crippen LogP contribution is 2.16. The van der Waals surface area contributed by atoms with Crippen LogP contribution in [0.1, 0.15) is 52.0 Å². The lowest BCUT2D eigenvalue weighted by molar-refractivity contribution is 0.958. The molecule has 19 heavy (non-hydrogen) atoms. The van der Waals surface area contributed by atoms with Crippen LogP contribution < -0.4 is 0 Å². The van der Waals surface area contributed by atoms with E-state index >= 15 is 0 Å². The van der Waals surface area contributed by atoms with Crippen molar-refractivity contribution in [1.82, 2.24) is 4.98 Å². The number of nitrogens with zero attached hydrogens (tertiary/aromatic N) is 2. The number of aliphatic imine (C=N–C) groups is 1. The topological polar surface area (TPSA) is 25.2 Å². The summed E-state index contributed by atoms with van der Waals surface area (Å²) in [6, 6.07) is 4.02. The number of unbranched alkanes of at least 4 members (excludes halogenated alkanes) is 1. The minimum Gasteiger partial charge on any atom is -0.265 e. The first-order valence-corrected chi connectivity index (χ1v) is 7.08. The summed E-state index contributed by atoms with van der Waals surface area (Å²) < 4.78 is 0. The van der Waals surface area contributed by atoms with Crippen molar-refractivity contribution >= 4 is 11.9 Å². The Labute approximate surface area is 117 Å². The molecule has 1 rings (SSSR count). The molecular formula is C17H24N2. The number of aromatic nitrogens is 1. The van der Waals surface area contributed by atoms with Gasteiger partial charge in [-0.3, -0.25) is 9.98 Å². The summed E-state index contributed by atoms with van der Waals surface area (Å²) in [5.41, 5.74) is 3.61. The van der Waals surface area contributed by atoms with Crippen LogP contribution in [-0.2, 0) is 0 Å². The standard InChI is InChI=1S/C17H24N2/c1-4-7-8-17(16-10-12-18-13-11-16)19-14-9-15(5-2)6-3/h5,8,10-14H,4,6-7,9H2,1-3H3/b15-5-,17-8+,19-14?. The van der Waals surface area contributed by atoms with Crippen LogP contribution in [0, 0.1) is 0 Å². The minimum absolute atomic E-state index is 0.932. The first-order valence-electron chi connectivity index (χ1n) is 7.08. The van der Waals surface area contributed by atoms with Crippen LogP contribution in [0.2, 0.25) is 0 Å². The van der Waals surface area contributed by atoms with Gasteiger partial charge < -0.3 is 0 Å². The first kappa shape index (κ1) is 15.4. The smallest absolute Gasteiger partial charge is 0.0659 e. The van der Waals surface area contributed by atoms with Gasteiger partial charge >= 0.3 is 0 Å². The molecule has 1 heterocycles. The summed E-state index contributed by atoms with van der Waals surface area (Å²) in [5.74, 6) is 0. The van der Waals surface area contributed by atoms with E-state index in [-0.39, 0.29) is 0 Å². The average molecular weight is 256 g/mol. The van der Waals surface area contributed by atoms with Crippen molar-refractivity contribution in [2.24, 2.45) is 4.99 Å².